The van der Waals surface area contributed by atoms with Crippen molar-refractivity contribution in [2.45, 2.75) is 6.61 Å². The van der Waals surface area contributed by atoms with Crippen LogP contribution >= 0.6 is 27.7 Å². The summed E-state index contributed by atoms with van der Waals surface area (Å²) < 4.78 is 17.6. The number of ether oxygens (including phenoxy) is 3. The van der Waals surface area contributed by atoms with Crippen LogP contribution in [-0.4, -0.2) is 66.8 Å². The number of amides is 3. The molecule has 0 N–H and O–H groups in total. The lowest BCUT2D eigenvalue weighted by molar-refractivity contribution is -0.139. The van der Waals surface area contributed by atoms with Crippen molar-refractivity contribution in [1.29, 1.82) is 0 Å². The van der Waals surface area contributed by atoms with E-state index in [1.54, 1.807) is 29.2 Å². The zero-order valence-electron chi connectivity index (χ0n) is 18.5. The highest BCUT2D eigenvalue weighted by Crippen LogP contribution is 2.35. The van der Waals surface area contributed by atoms with Gasteiger partial charge in [-0.25, -0.2) is 0 Å². The Kier molecular flexibility index (Phi) is 7.91. The molecule has 2 aromatic rings. The quantitative estimate of drug-likeness (QED) is 0.486. The van der Waals surface area contributed by atoms with E-state index in [9.17, 15) is 14.4 Å². The van der Waals surface area contributed by atoms with Gasteiger partial charge in [0.15, 0.2) is 11.5 Å². The fourth-order valence-electron chi connectivity index (χ4n) is 3.47. The van der Waals surface area contributed by atoms with Crippen molar-refractivity contribution in [3.63, 3.8) is 0 Å². The van der Waals surface area contributed by atoms with Crippen molar-refractivity contribution >= 4 is 50.8 Å². The maximum Gasteiger partial charge on any atom is 0.294 e. The molecule has 2 fully saturated rings. The molecule has 34 heavy (non-hydrogen) atoms. The van der Waals surface area contributed by atoms with Gasteiger partial charge in [0.05, 0.1) is 25.2 Å². The van der Waals surface area contributed by atoms with Crippen molar-refractivity contribution in [3.8, 4) is 11.5 Å². The Balaban J connectivity index is 1.43. The maximum atomic E-state index is 12.8. The molecule has 0 bridgehead atoms. The zero-order valence-corrected chi connectivity index (χ0v) is 20.9. The average molecular weight is 547 g/mol. The molecule has 0 aliphatic carbocycles. The van der Waals surface area contributed by atoms with E-state index in [2.05, 4.69) is 15.9 Å². The van der Waals surface area contributed by atoms with E-state index < -0.39 is 11.1 Å². The maximum absolute atomic E-state index is 12.8. The number of hydrogen-bond acceptors (Lipinski definition) is 7. The minimum absolute atomic E-state index is 0.255. The molecule has 178 valence electrons. The van der Waals surface area contributed by atoms with Gasteiger partial charge in [-0.15, -0.1) is 0 Å². The molecular weight excluding hydrogens is 524 g/mol. The van der Waals surface area contributed by atoms with Crippen LogP contribution in [0.5, 0.6) is 11.5 Å². The number of carbonyl (C=O) groups is 3. The van der Waals surface area contributed by atoms with Crippen molar-refractivity contribution in [3.05, 3.63) is 63.0 Å². The highest BCUT2D eigenvalue weighted by Gasteiger charge is 2.37. The fraction of sp³-hybridized carbons (Fsp3) is 0.292. The summed E-state index contributed by atoms with van der Waals surface area (Å²) in [6, 6.07) is 13.1. The second-order valence-corrected chi connectivity index (χ2v) is 9.50. The summed E-state index contributed by atoms with van der Waals surface area (Å²) in [6.45, 7) is 1.94. The summed E-state index contributed by atoms with van der Waals surface area (Å²) in [7, 11) is 1.54. The predicted octanol–water partition coefficient (Wildman–Crippen LogP) is 3.93. The lowest BCUT2D eigenvalue weighted by Crippen LogP contribution is -2.46. The van der Waals surface area contributed by atoms with E-state index in [1.807, 2.05) is 24.3 Å². The van der Waals surface area contributed by atoms with E-state index in [1.165, 1.54) is 7.11 Å². The Morgan fingerprint density at radius 1 is 1.12 bits per heavy atom. The molecule has 4 rings (SSSR count). The first-order valence-electron chi connectivity index (χ1n) is 10.6. The van der Waals surface area contributed by atoms with Crippen molar-refractivity contribution < 1.29 is 28.6 Å². The third-order valence-corrected chi connectivity index (χ3v) is 6.76. The van der Waals surface area contributed by atoms with E-state index >= 15 is 0 Å². The number of hydrogen-bond donors (Lipinski definition) is 0. The van der Waals surface area contributed by atoms with Crippen LogP contribution in [-0.2, 0) is 20.9 Å². The van der Waals surface area contributed by atoms with Gasteiger partial charge in [-0.2, -0.15) is 0 Å². The van der Waals surface area contributed by atoms with Crippen LogP contribution in [0, 0.1) is 0 Å². The number of halogens is 1. The van der Waals surface area contributed by atoms with Gasteiger partial charge in [0.2, 0.25) is 5.91 Å². The summed E-state index contributed by atoms with van der Waals surface area (Å²) in [5, 5.41) is -0.459. The fourth-order valence-corrected chi connectivity index (χ4v) is 4.57. The molecule has 3 amide bonds. The summed E-state index contributed by atoms with van der Waals surface area (Å²) in [5.74, 6) is 0.325. The van der Waals surface area contributed by atoms with Crippen molar-refractivity contribution in [2.24, 2.45) is 0 Å². The van der Waals surface area contributed by atoms with Crippen molar-refractivity contribution in [2.75, 3.05) is 40.0 Å². The molecule has 0 unspecified atom stereocenters. The Morgan fingerprint density at radius 3 is 2.56 bits per heavy atom. The van der Waals surface area contributed by atoms with Gasteiger partial charge in [-0.1, -0.05) is 34.1 Å². The van der Waals surface area contributed by atoms with Crippen LogP contribution < -0.4 is 9.47 Å². The molecule has 0 radical (unpaired) electrons. The molecule has 0 spiro atoms. The van der Waals surface area contributed by atoms with Crippen LogP contribution in [0.1, 0.15) is 11.1 Å². The number of methoxy groups -OCH3 is 1. The van der Waals surface area contributed by atoms with Gasteiger partial charge in [-0.3, -0.25) is 19.3 Å². The standard InChI is InChI=1S/C24H23BrN2O6S/c1-31-20-12-17(4-7-19(20)33-15-16-2-5-18(25)6-3-16)13-21-23(29)27(24(30)34-21)14-22(28)26-8-10-32-11-9-26/h2-7,12-13H,8-11,14-15H2,1H3/b21-13+. The first-order valence-corrected chi connectivity index (χ1v) is 12.2. The number of rotatable bonds is 7. The largest absolute Gasteiger partial charge is 0.493 e. The molecule has 2 aliphatic rings. The molecule has 2 saturated heterocycles. The smallest absolute Gasteiger partial charge is 0.294 e. The number of thioether (sulfide) groups is 1. The Bertz CT molecular complexity index is 1110. The third kappa shape index (κ3) is 5.81. The summed E-state index contributed by atoms with van der Waals surface area (Å²) in [6.07, 6.45) is 1.62. The van der Waals surface area contributed by atoms with Gasteiger partial charge in [0.25, 0.3) is 11.1 Å². The van der Waals surface area contributed by atoms with Crippen LogP contribution in [0.4, 0.5) is 4.79 Å². The lowest BCUT2D eigenvalue weighted by atomic mass is 10.1. The topological polar surface area (TPSA) is 85.4 Å². The molecule has 2 aliphatic heterocycles. The molecule has 2 heterocycles. The predicted molar refractivity (Wildman–Crippen MR) is 132 cm³/mol. The van der Waals surface area contributed by atoms with Gasteiger partial charge < -0.3 is 19.1 Å². The van der Waals surface area contributed by atoms with E-state index in [0.717, 1.165) is 26.7 Å². The Morgan fingerprint density at radius 2 is 1.85 bits per heavy atom. The average Bonchev–Trinajstić information content (AvgIpc) is 3.11. The van der Waals surface area contributed by atoms with Crippen LogP contribution in [0.2, 0.25) is 0 Å². The lowest BCUT2D eigenvalue weighted by Gasteiger charge is -2.28. The highest BCUT2D eigenvalue weighted by atomic mass is 79.9. The molecule has 0 atom stereocenters. The second kappa shape index (κ2) is 11.1. The molecule has 0 saturated carbocycles. The molecule has 0 aromatic heterocycles. The molecule has 10 heteroatoms. The Labute approximate surface area is 210 Å². The van der Waals surface area contributed by atoms with Gasteiger partial charge >= 0.3 is 0 Å². The summed E-state index contributed by atoms with van der Waals surface area (Å²) in [5.41, 5.74) is 1.69. The normalized spacial score (nSPS) is 17.4. The summed E-state index contributed by atoms with van der Waals surface area (Å²) >= 11 is 4.23. The monoisotopic (exact) mass is 546 g/mol. The van der Waals surface area contributed by atoms with Crippen LogP contribution in [0.3, 0.4) is 0 Å². The number of benzene rings is 2. The van der Waals surface area contributed by atoms with E-state index in [0.29, 0.717) is 50.0 Å². The van der Waals surface area contributed by atoms with Crippen LogP contribution in [0.25, 0.3) is 6.08 Å². The number of imide groups is 1. The minimum atomic E-state index is -0.480. The first kappa shape index (κ1) is 24.3. The number of morpholine rings is 1. The first-order chi connectivity index (χ1) is 16.4. The number of carbonyl (C=O) groups excluding carboxylic acids is 3. The minimum Gasteiger partial charge on any atom is -0.493 e. The van der Waals surface area contributed by atoms with Gasteiger partial charge in [0.1, 0.15) is 13.2 Å². The molecular formula is C24H23BrN2O6S. The zero-order chi connectivity index (χ0) is 24.1. The highest BCUT2D eigenvalue weighted by molar-refractivity contribution is 9.10. The van der Waals surface area contributed by atoms with E-state index in [-0.39, 0.29) is 17.4 Å². The second-order valence-electron chi connectivity index (χ2n) is 7.59. The molecule has 8 nitrogen and oxygen atoms in total. The number of nitrogens with zero attached hydrogens (tertiary/aromatic N) is 2. The van der Waals surface area contributed by atoms with E-state index in [4.69, 9.17) is 14.2 Å². The Hall–Kier alpha value is -2.82. The van der Waals surface area contributed by atoms with Crippen LogP contribution in [0.15, 0.2) is 51.8 Å². The van der Waals surface area contributed by atoms with Gasteiger partial charge in [-0.05, 0) is 53.2 Å². The van der Waals surface area contributed by atoms with Gasteiger partial charge in [0, 0.05) is 17.6 Å². The van der Waals surface area contributed by atoms with Crippen molar-refractivity contribution in [1.82, 2.24) is 9.80 Å². The SMILES string of the molecule is COc1cc(/C=C2/SC(=O)N(CC(=O)N3CCOCC3)C2=O)ccc1OCc1ccc(Br)cc1. The molecule has 2 aromatic carbocycles. The third-order valence-electron chi connectivity index (χ3n) is 5.32. The summed E-state index contributed by atoms with van der Waals surface area (Å²) in [4.78, 5) is 40.5.